The van der Waals surface area contributed by atoms with E-state index in [0.29, 0.717) is 0 Å². The summed E-state index contributed by atoms with van der Waals surface area (Å²) in [5.74, 6) is -1.65. The Labute approximate surface area is 92.7 Å². The lowest BCUT2D eigenvalue weighted by molar-refractivity contribution is 0.0690. The molecule has 0 saturated carbocycles. The van der Waals surface area contributed by atoms with E-state index in [0.717, 1.165) is 0 Å². The number of hydrogen-bond acceptors (Lipinski definition) is 3. The first-order valence-corrected chi connectivity index (χ1v) is 4.80. The number of amides is 1. The minimum absolute atomic E-state index is 0.0508. The molecule has 0 unspecified atom stereocenters. The second kappa shape index (κ2) is 5.27. The Bertz CT molecular complexity index is 403. The lowest BCUT2D eigenvalue weighted by atomic mass is 10.1. The molecular formula is C11H13NO4. The maximum Gasteiger partial charge on any atom is 0.336 e. The highest BCUT2D eigenvalue weighted by molar-refractivity contribution is 6.04. The highest BCUT2D eigenvalue weighted by atomic mass is 16.4. The quantitative estimate of drug-likeness (QED) is 0.693. The Hall–Kier alpha value is -1.88. The van der Waals surface area contributed by atoms with Crippen molar-refractivity contribution in [1.82, 2.24) is 5.32 Å². The second-order valence-electron chi connectivity index (χ2n) is 3.41. The standard InChI is InChI=1S/C11H13NO4/c1-7(6-13)12-10(14)8-4-2-3-5-9(8)11(15)16/h2-5,7,13H,6H2,1H3,(H,12,14)(H,15,16)/t7-/m1/s1. The van der Waals surface area contributed by atoms with Gasteiger partial charge in [0, 0.05) is 6.04 Å². The van der Waals surface area contributed by atoms with Gasteiger partial charge in [0.15, 0.2) is 0 Å². The molecule has 16 heavy (non-hydrogen) atoms. The molecule has 1 atom stereocenters. The topological polar surface area (TPSA) is 86.6 Å². The van der Waals surface area contributed by atoms with E-state index in [1.54, 1.807) is 19.1 Å². The molecule has 0 aliphatic rings. The van der Waals surface area contributed by atoms with Crippen LogP contribution in [0.2, 0.25) is 0 Å². The van der Waals surface area contributed by atoms with Gasteiger partial charge in [-0.3, -0.25) is 4.79 Å². The van der Waals surface area contributed by atoms with E-state index >= 15 is 0 Å². The summed E-state index contributed by atoms with van der Waals surface area (Å²) in [5, 5.41) is 20.1. The number of carboxylic acids is 1. The van der Waals surface area contributed by atoms with Gasteiger partial charge in [-0.25, -0.2) is 4.79 Å². The molecule has 0 aromatic heterocycles. The first kappa shape index (κ1) is 12.2. The van der Waals surface area contributed by atoms with Crippen molar-refractivity contribution in [2.24, 2.45) is 0 Å². The van der Waals surface area contributed by atoms with Crippen LogP contribution in [0, 0.1) is 0 Å². The molecule has 0 radical (unpaired) electrons. The van der Waals surface area contributed by atoms with Crippen molar-refractivity contribution in [3.05, 3.63) is 35.4 Å². The number of rotatable bonds is 4. The molecule has 0 heterocycles. The summed E-state index contributed by atoms with van der Waals surface area (Å²) in [6.07, 6.45) is 0. The van der Waals surface area contributed by atoms with Crippen LogP contribution in [0.25, 0.3) is 0 Å². The highest BCUT2D eigenvalue weighted by Crippen LogP contribution is 2.08. The van der Waals surface area contributed by atoms with Crippen LogP contribution in [-0.4, -0.2) is 34.7 Å². The minimum atomic E-state index is -1.15. The largest absolute Gasteiger partial charge is 0.478 e. The van der Waals surface area contributed by atoms with E-state index in [-0.39, 0.29) is 17.7 Å². The van der Waals surface area contributed by atoms with Crippen molar-refractivity contribution in [2.45, 2.75) is 13.0 Å². The fourth-order valence-corrected chi connectivity index (χ4v) is 1.21. The van der Waals surface area contributed by atoms with Crippen LogP contribution in [0.4, 0.5) is 0 Å². The smallest absolute Gasteiger partial charge is 0.336 e. The van der Waals surface area contributed by atoms with Crippen LogP contribution >= 0.6 is 0 Å². The van der Waals surface area contributed by atoms with Gasteiger partial charge in [-0.2, -0.15) is 0 Å². The lowest BCUT2D eigenvalue weighted by Crippen LogP contribution is -2.35. The fraction of sp³-hybridized carbons (Fsp3) is 0.273. The predicted octanol–water partition coefficient (Wildman–Crippen LogP) is 0.495. The zero-order chi connectivity index (χ0) is 12.1. The summed E-state index contributed by atoms with van der Waals surface area (Å²) in [6, 6.07) is 5.53. The average Bonchev–Trinajstić information content (AvgIpc) is 2.28. The number of carboxylic acid groups (broad SMARTS) is 1. The van der Waals surface area contributed by atoms with Gasteiger partial charge in [-0.1, -0.05) is 12.1 Å². The third kappa shape index (κ3) is 2.80. The van der Waals surface area contributed by atoms with Gasteiger partial charge in [0.25, 0.3) is 5.91 Å². The Balaban J connectivity index is 2.95. The second-order valence-corrected chi connectivity index (χ2v) is 3.41. The summed E-state index contributed by atoms with van der Waals surface area (Å²) in [6.45, 7) is 1.43. The fourth-order valence-electron chi connectivity index (χ4n) is 1.21. The van der Waals surface area contributed by atoms with Crippen molar-refractivity contribution >= 4 is 11.9 Å². The molecule has 0 fully saturated rings. The third-order valence-corrected chi connectivity index (χ3v) is 2.05. The molecule has 1 rings (SSSR count). The number of hydrogen-bond donors (Lipinski definition) is 3. The molecule has 1 aromatic rings. The molecule has 0 saturated heterocycles. The molecular weight excluding hydrogens is 210 g/mol. The Morgan fingerprint density at radius 1 is 1.31 bits per heavy atom. The zero-order valence-corrected chi connectivity index (χ0v) is 8.80. The van der Waals surface area contributed by atoms with Crippen molar-refractivity contribution in [2.75, 3.05) is 6.61 Å². The van der Waals surface area contributed by atoms with Crippen LogP contribution in [0.3, 0.4) is 0 Å². The maximum absolute atomic E-state index is 11.7. The summed E-state index contributed by atoms with van der Waals surface area (Å²) in [4.78, 5) is 22.5. The minimum Gasteiger partial charge on any atom is -0.478 e. The molecule has 86 valence electrons. The molecule has 5 heteroatoms. The van der Waals surface area contributed by atoms with Gasteiger partial charge in [0.1, 0.15) is 0 Å². The Kier molecular flexibility index (Phi) is 4.02. The molecule has 0 aliphatic heterocycles. The molecule has 0 aliphatic carbocycles. The van der Waals surface area contributed by atoms with E-state index in [2.05, 4.69) is 5.32 Å². The first-order valence-electron chi connectivity index (χ1n) is 4.80. The van der Waals surface area contributed by atoms with Gasteiger partial charge < -0.3 is 15.5 Å². The summed E-state index contributed by atoms with van der Waals surface area (Å²) in [5.41, 5.74) is 0.0421. The number of benzene rings is 1. The predicted molar refractivity (Wildman–Crippen MR) is 57.4 cm³/mol. The first-order chi connectivity index (χ1) is 7.56. The molecule has 5 nitrogen and oxygen atoms in total. The van der Waals surface area contributed by atoms with E-state index < -0.39 is 17.9 Å². The molecule has 1 aromatic carbocycles. The van der Waals surface area contributed by atoms with Crippen molar-refractivity contribution in [1.29, 1.82) is 0 Å². The van der Waals surface area contributed by atoms with Crippen LogP contribution in [0.15, 0.2) is 24.3 Å². The summed E-state index contributed by atoms with van der Waals surface area (Å²) < 4.78 is 0. The SMILES string of the molecule is C[C@H](CO)NC(=O)c1ccccc1C(=O)O. The van der Waals surface area contributed by atoms with Gasteiger partial charge in [0.2, 0.25) is 0 Å². The molecule has 0 spiro atoms. The Morgan fingerprint density at radius 2 is 1.88 bits per heavy atom. The van der Waals surface area contributed by atoms with Crippen LogP contribution in [0.5, 0.6) is 0 Å². The number of aliphatic hydroxyl groups is 1. The zero-order valence-electron chi connectivity index (χ0n) is 8.80. The van der Waals surface area contributed by atoms with E-state index in [4.69, 9.17) is 10.2 Å². The molecule has 1 amide bonds. The normalized spacial score (nSPS) is 11.9. The number of aromatic carboxylic acids is 1. The van der Waals surface area contributed by atoms with E-state index in [9.17, 15) is 9.59 Å². The van der Waals surface area contributed by atoms with Crippen LogP contribution in [0.1, 0.15) is 27.6 Å². The average molecular weight is 223 g/mol. The van der Waals surface area contributed by atoms with Crippen molar-refractivity contribution < 1.29 is 19.8 Å². The van der Waals surface area contributed by atoms with Crippen molar-refractivity contribution in [3.8, 4) is 0 Å². The van der Waals surface area contributed by atoms with Gasteiger partial charge >= 0.3 is 5.97 Å². The van der Waals surface area contributed by atoms with Gasteiger partial charge in [0.05, 0.1) is 17.7 Å². The van der Waals surface area contributed by atoms with Gasteiger partial charge in [-0.15, -0.1) is 0 Å². The number of aliphatic hydroxyl groups excluding tert-OH is 1. The molecule has 3 N–H and O–H groups in total. The van der Waals surface area contributed by atoms with E-state index in [1.807, 2.05) is 0 Å². The van der Waals surface area contributed by atoms with Gasteiger partial charge in [-0.05, 0) is 19.1 Å². The van der Waals surface area contributed by atoms with Crippen molar-refractivity contribution in [3.63, 3.8) is 0 Å². The Morgan fingerprint density at radius 3 is 2.38 bits per heavy atom. The number of carbonyl (C=O) groups excluding carboxylic acids is 1. The highest BCUT2D eigenvalue weighted by Gasteiger charge is 2.16. The summed E-state index contributed by atoms with van der Waals surface area (Å²) >= 11 is 0. The lowest BCUT2D eigenvalue weighted by Gasteiger charge is -2.11. The van der Waals surface area contributed by atoms with E-state index in [1.165, 1.54) is 12.1 Å². The molecule has 0 bridgehead atoms. The number of carbonyl (C=O) groups is 2. The summed E-state index contributed by atoms with van der Waals surface area (Å²) in [7, 11) is 0. The monoisotopic (exact) mass is 223 g/mol. The maximum atomic E-state index is 11.7. The number of nitrogens with one attached hydrogen (secondary N) is 1. The van der Waals surface area contributed by atoms with Crippen LogP contribution < -0.4 is 5.32 Å². The third-order valence-electron chi connectivity index (χ3n) is 2.05. The van der Waals surface area contributed by atoms with Crippen LogP contribution in [-0.2, 0) is 0 Å².